The number of allylic oxidation sites excluding steroid dienone is 1. The van der Waals surface area contributed by atoms with Crippen LogP contribution in [-0.4, -0.2) is 24.8 Å². The smallest absolute Gasteiger partial charge is 0.337 e. The van der Waals surface area contributed by atoms with Crippen molar-refractivity contribution in [3.05, 3.63) is 35.6 Å². The number of methoxy groups -OCH3 is 1. The maximum Gasteiger partial charge on any atom is 0.337 e. The molecule has 2 heterocycles. The van der Waals surface area contributed by atoms with Gasteiger partial charge in [0.25, 0.3) is 0 Å². The number of ether oxygens (including phenoxy) is 2. The lowest BCUT2D eigenvalue weighted by Crippen LogP contribution is -2.01. The number of hydrogen-bond donors (Lipinski definition) is 0. The summed E-state index contributed by atoms with van der Waals surface area (Å²) in [7, 11) is 1.35. The zero-order valence-electron chi connectivity index (χ0n) is 10.5. The molecule has 98 valence electrons. The van der Waals surface area contributed by atoms with E-state index in [2.05, 4.69) is 9.89 Å². The van der Waals surface area contributed by atoms with Crippen molar-refractivity contribution in [3.63, 3.8) is 0 Å². The second kappa shape index (κ2) is 4.76. The lowest BCUT2D eigenvalue weighted by Gasteiger charge is -2.12. The molecule has 0 radical (unpaired) electrons. The summed E-state index contributed by atoms with van der Waals surface area (Å²) in [6, 6.07) is 5.14. The van der Waals surface area contributed by atoms with Crippen LogP contribution in [0.5, 0.6) is 0 Å². The highest BCUT2D eigenvalue weighted by atomic mass is 16.5. The molecule has 0 bridgehead atoms. The molecule has 2 aromatic rings. The molecule has 3 rings (SSSR count). The summed E-state index contributed by atoms with van der Waals surface area (Å²) >= 11 is 0. The number of aromatic nitrogens is 1. The number of carbonyl (C=O) groups is 1. The standard InChI is InChI=1S/C14H13NO4/c1-17-14(16)9-5-6-10-11(8-9)15-19-13(10)12-4-2-3-7-18-12/h4-6,8H,2-3,7H2,1H3. The van der Waals surface area contributed by atoms with Crippen LogP contribution in [0, 0.1) is 0 Å². The second-order valence-electron chi connectivity index (χ2n) is 4.29. The van der Waals surface area contributed by atoms with Crippen molar-refractivity contribution >= 4 is 22.6 Å². The zero-order valence-corrected chi connectivity index (χ0v) is 10.5. The third kappa shape index (κ3) is 2.07. The van der Waals surface area contributed by atoms with Crippen LogP contribution in [0.3, 0.4) is 0 Å². The molecule has 0 N–H and O–H groups in total. The monoisotopic (exact) mass is 259 g/mol. The third-order valence-electron chi connectivity index (χ3n) is 3.06. The Balaban J connectivity index is 2.04. The molecule has 1 aliphatic heterocycles. The zero-order chi connectivity index (χ0) is 13.2. The van der Waals surface area contributed by atoms with Crippen molar-refractivity contribution in [2.75, 3.05) is 13.7 Å². The molecule has 19 heavy (non-hydrogen) atoms. The Morgan fingerprint density at radius 1 is 1.42 bits per heavy atom. The molecule has 0 unspecified atom stereocenters. The molecule has 1 aliphatic rings. The lowest BCUT2D eigenvalue weighted by molar-refractivity contribution is 0.0601. The molecule has 0 saturated carbocycles. The summed E-state index contributed by atoms with van der Waals surface area (Å²) in [5.41, 5.74) is 1.07. The van der Waals surface area contributed by atoms with Crippen molar-refractivity contribution in [1.29, 1.82) is 0 Å². The highest BCUT2D eigenvalue weighted by molar-refractivity contribution is 5.96. The summed E-state index contributed by atoms with van der Waals surface area (Å²) in [6.07, 6.45) is 3.98. The fourth-order valence-electron chi connectivity index (χ4n) is 2.08. The van der Waals surface area contributed by atoms with Crippen LogP contribution in [-0.2, 0) is 9.47 Å². The molecular formula is C14H13NO4. The van der Waals surface area contributed by atoms with Crippen molar-refractivity contribution in [2.45, 2.75) is 12.8 Å². The first-order valence-corrected chi connectivity index (χ1v) is 6.10. The quantitative estimate of drug-likeness (QED) is 0.776. The number of nitrogens with zero attached hydrogens (tertiary/aromatic N) is 1. The molecule has 5 nitrogen and oxygen atoms in total. The van der Waals surface area contributed by atoms with Gasteiger partial charge in [0.15, 0.2) is 5.76 Å². The first-order chi connectivity index (χ1) is 9.29. The van der Waals surface area contributed by atoms with Crippen LogP contribution in [0.1, 0.15) is 29.0 Å². The van der Waals surface area contributed by atoms with Crippen molar-refractivity contribution < 1.29 is 18.8 Å². The van der Waals surface area contributed by atoms with Crippen LogP contribution in [0.2, 0.25) is 0 Å². The van der Waals surface area contributed by atoms with Gasteiger partial charge in [-0.3, -0.25) is 0 Å². The van der Waals surface area contributed by atoms with Crippen LogP contribution in [0.25, 0.3) is 16.7 Å². The van der Waals surface area contributed by atoms with E-state index >= 15 is 0 Å². The summed E-state index contributed by atoms with van der Waals surface area (Å²) in [5, 5.41) is 4.80. The fourth-order valence-corrected chi connectivity index (χ4v) is 2.08. The van der Waals surface area contributed by atoms with Gasteiger partial charge in [-0.25, -0.2) is 4.79 Å². The SMILES string of the molecule is COC(=O)c1ccc2c(C3=CCCCO3)onc2c1. The van der Waals surface area contributed by atoms with Gasteiger partial charge < -0.3 is 14.0 Å². The summed E-state index contributed by atoms with van der Waals surface area (Å²) in [6.45, 7) is 0.689. The van der Waals surface area contributed by atoms with E-state index in [0.717, 1.165) is 24.0 Å². The van der Waals surface area contributed by atoms with Gasteiger partial charge in [-0.15, -0.1) is 0 Å². The third-order valence-corrected chi connectivity index (χ3v) is 3.06. The van der Waals surface area contributed by atoms with E-state index in [4.69, 9.17) is 9.26 Å². The van der Waals surface area contributed by atoms with E-state index in [1.165, 1.54) is 7.11 Å². The van der Waals surface area contributed by atoms with Gasteiger partial charge in [-0.05, 0) is 37.1 Å². The van der Waals surface area contributed by atoms with Crippen LogP contribution in [0.4, 0.5) is 0 Å². The van der Waals surface area contributed by atoms with Crippen molar-refractivity contribution in [2.24, 2.45) is 0 Å². The first-order valence-electron chi connectivity index (χ1n) is 6.10. The van der Waals surface area contributed by atoms with Gasteiger partial charge in [0.05, 0.1) is 24.7 Å². The predicted octanol–water partition coefficient (Wildman–Crippen LogP) is 2.77. The maximum absolute atomic E-state index is 11.4. The normalized spacial score (nSPS) is 14.9. The topological polar surface area (TPSA) is 61.6 Å². The minimum Gasteiger partial charge on any atom is -0.490 e. The molecule has 0 atom stereocenters. The number of rotatable bonds is 2. The minimum atomic E-state index is -0.389. The first kappa shape index (κ1) is 11.8. The van der Waals surface area contributed by atoms with Gasteiger partial charge in [0, 0.05) is 0 Å². The van der Waals surface area contributed by atoms with E-state index in [0.29, 0.717) is 23.4 Å². The predicted molar refractivity (Wildman–Crippen MR) is 68.5 cm³/mol. The van der Waals surface area contributed by atoms with Gasteiger partial charge in [0.2, 0.25) is 5.76 Å². The van der Waals surface area contributed by atoms with Crippen LogP contribution < -0.4 is 0 Å². The Kier molecular flexibility index (Phi) is 2.95. The van der Waals surface area contributed by atoms with Gasteiger partial charge in [0.1, 0.15) is 5.52 Å². The Morgan fingerprint density at radius 2 is 2.32 bits per heavy atom. The van der Waals surface area contributed by atoms with E-state index in [9.17, 15) is 4.79 Å². The van der Waals surface area contributed by atoms with E-state index in [-0.39, 0.29) is 5.97 Å². The molecule has 0 saturated heterocycles. The fraction of sp³-hybridized carbons (Fsp3) is 0.286. The van der Waals surface area contributed by atoms with E-state index in [1.54, 1.807) is 18.2 Å². The number of carbonyl (C=O) groups excluding carboxylic acids is 1. The van der Waals surface area contributed by atoms with Gasteiger partial charge in [-0.1, -0.05) is 5.16 Å². The Labute approximate surface area is 109 Å². The van der Waals surface area contributed by atoms with Gasteiger partial charge in [-0.2, -0.15) is 0 Å². The van der Waals surface area contributed by atoms with Crippen molar-refractivity contribution in [3.8, 4) is 0 Å². The second-order valence-corrected chi connectivity index (χ2v) is 4.29. The molecule has 0 spiro atoms. The molecule has 5 heteroatoms. The maximum atomic E-state index is 11.4. The van der Waals surface area contributed by atoms with Crippen LogP contribution in [0.15, 0.2) is 28.8 Å². The van der Waals surface area contributed by atoms with E-state index < -0.39 is 0 Å². The highest BCUT2D eigenvalue weighted by Crippen LogP contribution is 2.29. The number of benzene rings is 1. The van der Waals surface area contributed by atoms with Gasteiger partial charge >= 0.3 is 5.97 Å². The number of esters is 1. The average Bonchev–Trinajstić information content (AvgIpc) is 2.90. The summed E-state index contributed by atoms with van der Waals surface area (Å²) in [4.78, 5) is 11.4. The molecule has 1 aromatic heterocycles. The highest BCUT2D eigenvalue weighted by Gasteiger charge is 2.17. The lowest BCUT2D eigenvalue weighted by atomic mass is 10.1. The molecule has 0 amide bonds. The molecular weight excluding hydrogens is 246 g/mol. The average molecular weight is 259 g/mol. The molecule has 0 fully saturated rings. The number of hydrogen-bond acceptors (Lipinski definition) is 5. The minimum absolute atomic E-state index is 0.389. The van der Waals surface area contributed by atoms with Crippen molar-refractivity contribution in [1.82, 2.24) is 5.16 Å². The Bertz CT molecular complexity index is 657. The summed E-state index contributed by atoms with van der Waals surface area (Å²) < 4.78 is 15.6. The number of fused-ring (bicyclic) bond motifs is 1. The Hall–Kier alpha value is -2.30. The van der Waals surface area contributed by atoms with E-state index in [1.807, 2.05) is 6.08 Å². The van der Waals surface area contributed by atoms with Crippen LogP contribution >= 0.6 is 0 Å². The Morgan fingerprint density at radius 3 is 3.05 bits per heavy atom. The summed E-state index contributed by atoms with van der Waals surface area (Å²) in [5.74, 6) is 0.949. The largest absolute Gasteiger partial charge is 0.490 e. The molecule has 0 aliphatic carbocycles. The molecule has 1 aromatic carbocycles.